The van der Waals surface area contributed by atoms with E-state index in [9.17, 15) is 9.59 Å². The molecule has 0 saturated carbocycles. The molecule has 1 aliphatic heterocycles. The lowest BCUT2D eigenvalue weighted by Crippen LogP contribution is -2.42. The molecule has 1 fully saturated rings. The lowest BCUT2D eigenvalue weighted by molar-refractivity contribution is -0.122. The monoisotopic (exact) mass is 367 g/mol. The van der Waals surface area contributed by atoms with Crippen LogP contribution < -0.4 is 10.9 Å². The summed E-state index contributed by atoms with van der Waals surface area (Å²) in [5.74, 6) is -0.175. The summed E-state index contributed by atoms with van der Waals surface area (Å²) in [5.41, 5.74) is 1.32. The maximum absolute atomic E-state index is 12.9. The van der Waals surface area contributed by atoms with Gasteiger partial charge in [-0.2, -0.15) is 5.10 Å². The Kier molecular flexibility index (Phi) is 4.70. The third-order valence-electron chi connectivity index (χ3n) is 5.64. The van der Waals surface area contributed by atoms with E-state index < -0.39 is 0 Å². The summed E-state index contributed by atoms with van der Waals surface area (Å²) in [6, 6.07) is 8.25. The van der Waals surface area contributed by atoms with Crippen LogP contribution in [0.15, 0.2) is 35.3 Å². The van der Waals surface area contributed by atoms with Crippen LogP contribution in [0.3, 0.4) is 0 Å². The number of para-hydroxylation sites is 1. The molecule has 4 rings (SSSR count). The normalized spacial score (nSPS) is 17.8. The molecular weight excluding hydrogens is 342 g/mol. The molecule has 3 heterocycles. The maximum Gasteiger partial charge on any atom is 0.291 e. The molecule has 0 unspecified atom stereocenters. The van der Waals surface area contributed by atoms with E-state index in [2.05, 4.69) is 22.2 Å². The van der Waals surface area contributed by atoms with Crippen molar-refractivity contribution in [3.8, 4) is 0 Å². The number of nitrogens with one attached hydrogen (secondary N) is 1. The average Bonchev–Trinajstić information content (AvgIpc) is 3.25. The lowest BCUT2D eigenvalue weighted by Gasteiger charge is -2.22. The summed E-state index contributed by atoms with van der Waals surface area (Å²) in [4.78, 5) is 27.7. The van der Waals surface area contributed by atoms with Crippen molar-refractivity contribution in [2.24, 2.45) is 7.05 Å². The molecule has 1 atom stereocenters. The molecule has 27 heavy (non-hydrogen) atoms. The highest BCUT2D eigenvalue weighted by molar-refractivity contribution is 6.07. The summed E-state index contributed by atoms with van der Waals surface area (Å²) in [6.07, 6.45) is 3.96. The Morgan fingerprint density at radius 3 is 2.93 bits per heavy atom. The molecular formula is C20H25N5O2. The number of hydrogen-bond donors (Lipinski definition) is 1. The lowest BCUT2D eigenvalue weighted by atomic mass is 10.2. The predicted molar refractivity (Wildman–Crippen MR) is 106 cm³/mol. The Labute approximate surface area is 157 Å². The number of likely N-dealkylation sites (N-methyl/N-ethyl adjacent to an activating group) is 1. The summed E-state index contributed by atoms with van der Waals surface area (Å²) >= 11 is 0. The molecule has 0 aliphatic carbocycles. The molecule has 7 heteroatoms. The minimum absolute atomic E-state index is 0.0604. The topological polar surface area (TPSA) is 72.2 Å². The summed E-state index contributed by atoms with van der Waals surface area (Å²) in [5, 5.41) is 9.02. The highest BCUT2D eigenvalue weighted by Crippen LogP contribution is 2.24. The minimum Gasteiger partial charge on any atom is -0.353 e. The largest absolute Gasteiger partial charge is 0.353 e. The van der Waals surface area contributed by atoms with Gasteiger partial charge in [-0.15, -0.1) is 0 Å². The van der Waals surface area contributed by atoms with Gasteiger partial charge in [-0.3, -0.25) is 14.5 Å². The number of carbonyl (C=O) groups is 1. The molecule has 1 N–H and O–H groups in total. The Hall–Kier alpha value is -2.67. The molecule has 0 spiro atoms. The molecule has 1 aliphatic rings. The number of fused-ring (bicyclic) bond motifs is 3. The van der Waals surface area contributed by atoms with Gasteiger partial charge in [-0.25, -0.2) is 4.68 Å². The van der Waals surface area contributed by atoms with E-state index in [0.717, 1.165) is 35.8 Å². The van der Waals surface area contributed by atoms with Crippen molar-refractivity contribution in [2.45, 2.75) is 32.4 Å². The van der Waals surface area contributed by atoms with Gasteiger partial charge in [-0.1, -0.05) is 25.1 Å². The van der Waals surface area contributed by atoms with E-state index in [1.807, 2.05) is 35.9 Å². The molecule has 7 nitrogen and oxygen atoms in total. The number of hydrogen-bond acceptors (Lipinski definition) is 4. The summed E-state index contributed by atoms with van der Waals surface area (Å²) in [7, 11) is 1.87. The number of nitrogens with zero attached hydrogens (tertiary/aromatic N) is 4. The Bertz CT molecular complexity index is 1050. The number of rotatable bonds is 5. The Morgan fingerprint density at radius 2 is 2.11 bits per heavy atom. The van der Waals surface area contributed by atoms with Gasteiger partial charge < -0.3 is 9.88 Å². The van der Waals surface area contributed by atoms with E-state index in [1.54, 1.807) is 6.20 Å². The number of aromatic nitrogens is 3. The molecule has 0 bridgehead atoms. The molecule has 3 aromatic rings. The number of benzene rings is 1. The van der Waals surface area contributed by atoms with Crippen LogP contribution in [-0.2, 0) is 18.4 Å². The zero-order valence-electron chi connectivity index (χ0n) is 15.8. The number of aryl methyl sites for hydroxylation is 1. The van der Waals surface area contributed by atoms with Crippen molar-refractivity contribution < 1.29 is 4.79 Å². The van der Waals surface area contributed by atoms with Gasteiger partial charge in [0.2, 0.25) is 5.91 Å². The van der Waals surface area contributed by atoms with Crippen LogP contribution in [0, 0.1) is 0 Å². The third-order valence-corrected chi connectivity index (χ3v) is 5.64. The van der Waals surface area contributed by atoms with Crippen molar-refractivity contribution in [3.63, 3.8) is 0 Å². The minimum atomic E-state index is -0.239. The van der Waals surface area contributed by atoms with Crippen LogP contribution in [0.25, 0.3) is 21.8 Å². The Balaban J connectivity index is 1.55. The first kappa shape index (κ1) is 17.7. The standard InChI is InChI=1S/C20H25N5O2/c1-3-24-10-6-7-14(24)11-21-18(26)13-25-20(27)19-16(12-22-25)15-8-4-5-9-17(15)23(19)2/h4-5,8-9,12,14H,3,6-7,10-11,13H2,1-2H3,(H,21,26)/t14-/m1/s1. The van der Waals surface area contributed by atoms with E-state index >= 15 is 0 Å². The second kappa shape index (κ2) is 7.15. The molecule has 1 saturated heterocycles. The van der Waals surface area contributed by atoms with Gasteiger partial charge in [0.25, 0.3) is 5.56 Å². The smallest absolute Gasteiger partial charge is 0.291 e. The third kappa shape index (κ3) is 3.12. The fourth-order valence-electron chi connectivity index (χ4n) is 4.19. The van der Waals surface area contributed by atoms with Crippen molar-refractivity contribution in [3.05, 3.63) is 40.8 Å². The molecule has 0 radical (unpaired) electrons. The van der Waals surface area contributed by atoms with Crippen molar-refractivity contribution in [2.75, 3.05) is 19.6 Å². The van der Waals surface area contributed by atoms with Crippen LogP contribution in [0.5, 0.6) is 0 Å². The summed E-state index contributed by atoms with van der Waals surface area (Å²) < 4.78 is 3.13. The number of carbonyl (C=O) groups excluding carboxylic acids is 1. The molecule has 2 aromatic heterocycles. The highest BCUT2D eigenvalue weighted by atomic mass is 16.2. The molecule has 1 aromatic carbocycles. The van der Waals surface area contributed by atoms with Crippen molar-refractivity contribution in [1.29, 1.82) is 0 Å². The zero-order chi connectivity index (χ0) is 19.0. The average molecular weight is 367 g/mol. The van der Waals surface area contributed by atoms with E-state index in [-0.39, 0.29) is 18.0 Å². The van der Waals surface area contributed by atoms with E-state index in [0.29, 0.717) is 18.1 Å². The SMILES string of the molecule is CCN1CCC[C@@H]1CNC(=O)Cn1ncc2c3ccccc3n(C)c2c1=O. The van der Waals surface area contributed by atoms with E-state index in [1.165, 1.54) is 11.1 Å². The van der Waals surface area contributed by atoms with Gasteiger partial charge in [0, 0.05) is 35.9 Å². The Morgan fingerprint density at radius 1 is 1.30 bits per heavy atom. The number of likely N-dealkylation sites (tertiary alicyclic amines) is 1. The maximum atomic E-state index is 12.9. The predicted octanol–water partition coefficient (Wildman–Crippen LogP) is 1.49. The van der Waals surface area contributed by atoms with Gasteiger partial charge >= 0.3 is 0 Å². The van der Waals surface area contributed by atoms with Crippen LogP contribution in [-0.4, -0.2) is 50.8 Å². The van der Waals surface area contributed by atoms with Crippen molar-refractivity contribution in [1.82, 2.24) is 24.6 Å². The first-order chi connectivity index (χ1) is 13.1. The first-order valence-corrected chi connectivity index (χ1v) is 9.54. The molecule has 1 amide bonds. The van der Waals surface area contributed by atoms with Gasteiger partial charge in [0.1, 0.15) is 12.1 Å². The van der Waals surface area contributed by atoms with Crippen molar-refractivity contribution >= 4 is 27.7 Å². The van der Waals surface area contributed by atoms with E-state index in [4.69, 9.17) is 0 Å². The second-order valence-electron chi connectivity index (χ2n) is 7.17. The first-order valence-electron chi connectivity index (χ1n) is 9.54. The fraction of sp³-hybridized carbons (Fsp3) is 0.450. The zero-order valence-corrected chi connectivity index (χ0v) is 15.8. The fourth-order valence-corrected chi connectivity index (χ4v) is 4.19. The quantitative estimate of drug-likeness (QED) is 0.742. The molecule has 142 valence electrons. The van der Waals surface area contributed by atoms with Gasteiger partial charge in [0.05, 0.1) is 6.20 Å². The summed E-state index contributed by atoms with van der Waals surface area (Å²) in [6.45, 7) is 4.80. The van der Waals surface area contributed by atoms with Crippen LogP contribution in [0.4, 0.5) is 0 Å². The van der Waals surface area contributed by atoms with Gasteiger partial charge in [0.15, 0.2) is 0 Å². The number of amides is 1. The second-order valence-corrected chi connectivity index (χ2v) is 7.17. The van der Waals surface area contributed by atoms with Crippen LogP contribution in [0.2, 0.25) is 0 Å². The van der Waals surface area contributed by atoms with Gasteiger partial charge in [-0.05, 0) is 32.0 Å². The highest BCUT2D eigenvalue weighted by Gasteiger charge is 2.23. The van der Waals surface area contributed by atoms with Crippen LogP contribution in [0.1, 0.15) is 19.8 Å². The van der Waals surface area contributed by atoms with Crippen LogP contribution >= 0.6 is 0 Å².